The fraction of sp³-hybridized carbons (Fsp3) is 0.292. The van der Waals surface area contributed by atoms with Crippen LogP contribution in [-0.2, 0) is 17.7 Å². The van der Waals surface area contributed by atoms with Crippen LogP contribution in [0.5, 0.6) is 0 Å². The lowest BCUT2D eigenvalue weighted by molar-refractivity contribution is 0.0473. The van der Waals surface area contributed by atoms with Crippen molar-refractivity contribution >= 4 is 45.9 Å². The van der Waals surface area contributed by atoms with Crippen molar-refractivity contribution in [2.24, 2.45) is 0 Å². The molecule has 1 aliphatic heterocycles. The molecule has 2 heterocycles. The van der Waals surface area contributed by atoms with Crippen LogP contribution >= 0.6 is 23.2 Å². The lowest BCUT2D eigenvalue weighted by Gasteiger charge is -2.32. The van der Waals surface area contributed by atoms with Crippen molar-refractivity contribution in [2.45, 2.75) is 32.9 Å². The number of ketones is 1. The highest BCUT2D eigenvalue weighted by atomic mass is 35.5. The Bertz CT molecular complexity index is 1180. The number of ether oxygens (including phenoxy) is 1. The second kappa shape index (κ2) is 8.95. The summed E-state index contributed by atoms with van der Waals surface area (Å²) in [4.78, 5) is 32.9. The Morgan fingerprint density at radius 3 is 2.68 bits per heavy atom. The first kappa shape index (κ1) is 21.8. The van der Waals surface area contributed by atoms with Crippen molar-refractivity contribution in [3.8, 4) is 0 Å². The van der Waals surface area contributed by atoms with E-state index in [9.17, 15) is 9.59 Å². The van der Waals surface area contributed by atoms with Gasteiger partial charge in [0, 0.05) is 52.8 Å². The van der Waals surface area contributed by atoms with Crippen molar-refractivity contribution in [3.63, 3.8) is 0 Å². The molecule has 160 valence electrons. The van der Waals surface area contributed by atoms with Gasteiger partial charge in [-0.3, -0.25) is 14.7 Å². The Kier molecular flexibility index (Phi) is 6.28. The summed E-state index contributed by atoms with van der Waals surface area (Å²) in [6.45, 7) is 5.36. The molecular formula is C24H22Cl2N2O3. The standard InChI is InChI=1S/C24H22Cl2N2O3/c1-14(2)28-10-9-21-18(12-28)23(17-5-3-4-6-20(17)27-21)24(30)31-13-22(29)16-8-7-15(25)11-19(16)26/h3-8,11,14H,9-10,12-13H2,1-2H3. The van der Waals surface area contributed by atoms with Crippen molar-refractivity contribution in [1.82, 2.24) is 9.88 Å². The summed E-state index contributed by atoms with van der Waals surface area (Å²) in [5.74, 6) is -0.912. The number of nitrogens with zero attached hydrogens (tertiary/aromatic N) is 2. The number of aromatic nitrogens is 1. The van der Waals surface area contributed by atoms with E-state index in [-0.39, 0.29) is 16.4 Å². The van der Waals surface area contributed by atoms with Gasteiger partial charge in [-0.05, 0) is 38.1 Å². The first-order valence-electron chi connectivity index (χ1n) is 10.1. The third-order valence-electron chi connectivity index (χ3n) is 5.58. The largest absolute Gasteiger partial charge is 0.454 e. The average Bonchev–Trinajstić information content (AvgIpc) is 2.75. The highest BCUT2D eigenvalue weighted by molar-refractivity contribution is 6.36. The van der Waals surface area contributed by atoms with Crippen LogP contribution in [0.3, 0.4) is 0 Å². The number of rotatable bonds is 5. The van der Waals surface area contributed by atoms with Crippen LogP contribution in [0.2, 0.25) is 10.0 Å². The van der Waals surface area contributed by atoms with Gasteiger partial charge < -0.3 is 4.74 Å². The monoisotopic (exact) mass is 456 g/mol. The molecule has 0 unspecified atom stereocenters. The van der Waals surface area contributed by atoms with Crippen molar-refractivity contribution in [1.29, 1.82) is 0 Å². The van der Waals surface area contributed by atoms with Crippen molar-refractivity contribution in [3.05, 3.63) is 74.9 Å². The molecule has 0 fully saturated rings. The molecule has 0 atom stereocenters. The summed E-state index contributed by atoms with van der Waals surface area (Å²) >= 11 is 12.0. The summed E-state index contributed by atoms with van der Waals surface area (Å²) in [6.07, 6.45) is 0.762. The normalized spacial score (nSPS) is 14.0. The van der Waals surface area contributed by atoms with Crippen LogP contribution in [-0.4, -0.2) is 40.8 Å². The zero-order chi connectivity index (χ0) is 22.1. The van der Waals surface area contributed by atoms with E-state index in [0.717, 1.165) is 35.1 Å². The van der Waals surface area contributed by atoms with Crippen LogP contribution in [0.15, 0.2) is 42.5 Å². The third-order valence-corrected chi connectivity index (χ3v) is 6.12. The number of hydrogen-bond donors (Lipinski definition) is 0. The maximum atomic E-state index is 13.2. The number of carbonyl (C=O) groups is 2. The summed E-state index contributed by atoms with van der Waals surface area (Å²) in [5, 5.41) is 1.39. The molecule has 0 bridgehead atoms. The Balaban J connectivity index is 1.65. The van der Waals surface area contributed by atoms with Gasteiger partial charge in [0.15, 0.2) is 6.61 Å². The highest BCUT2D eigenvalue weighted by Gasteiger charge is 2.28. The molecule has 2 aromatic carbocycles. The van der Waals surface area contributed by atoms with Gasteiger partial charge in [0.25, 0.3) is 0 Å². The van der Waals surface area contributed by atoms with Crippen LogP contribution in [0, 0.1) is 0 Å². The molecule has 3 aromatic rings. The number of esters is 1. The maximum absolute atomic E-state index is 13.2. The van der Waals surface area contributed by atoms with E-state index < -0.39 is 12.6 Å². The quantitative estimate of drug-likeness (QED) is 0.382. The second-order valence-electron chi connectivity index (χ2n) is 7.87. The first-order chi connectivity index (χ1) is 14.8. The minimum absolute atomic E-state index is 0.230. The summed E-state index contributed by atoms with van der Waals surface area (Å²) in [5.41, 5.74) is 3.29. The molecule has 31 heavy (non-hydrogen) atoms. The SMILES string of the molecule is CC(C)N1CCc2nc3ccccc3c(C(=O)OCC(=O)c3ccc(Cl)cc3Cl)c2C1. The molecule has 7 heteroatoms. The van der Waals surface area contributed by atoms with Crippen LogP contribution < -0.4 is 0 Å². The van der Waals surface area contributed by atoms with Crippen LogP contribution in [0.25, 0.3) is 10.9 Å². The Morgan fingerprint density at radius 1 is 1.16 bits per heavy atom. The first-order valence-corrected chi connectivity index (χ1v) is 10.9. The zero-order valence-corrected chi connectivity index (χ0v) is 18.8. The molecule has 4 rings (SSSR count). The smallest absolute Gasteiger partial charge is 0.339 e. The molecule has 0 spiro atoms. The number of hydrogen-bond acceptors (Lipinski definition) is 5. The van der Waals surface area contributed by atoms with Gasteiger partial charge in [-0.15, -0.1) is 0 Å². The predicted octanol–water partition coefficient (Wildman–Crippen LogP) is 5.35. The predicted molar refractivity (Wildman–Crippen MR) is 122 cm³/mol. The molecule has 0 radical (unpaired) electrons. The number of carbonyl (C=O) groups excluding carboxylic acids is 2. The van der Waals surface area contributed by atoms with E-state index >= 15 is 0 Å². The summed E-state index contributed by atoms with van der Waals surface area (Å²) in [6, 6.07) is 12.5. The number of benzene rings is 2. The molecule has 0 saturated carbocycles. The fourth-order valence-corrected chi connectivity index (χ4v) is 4.40. The second-order valence-corrected chi connectivity index (χ2v) is 8.71. The molecule has 0 saturated heterocycles. The van der Waals surface area contributed by atoms with Gasteiger partial charge in [-0.1, -0.05) is 41.4 Å². The number of pyridine rings is 1. The van der Waals surface area contributed by atoms with Gasteiger partial charge >= 0.3 is 5.97 Å². The van der Waals surface area contributed by atoms with Gasteiger partial charge in [-0.25, -0.2) is 4.79 Å². The van der Waals surface area contributed by atoms with E-state index in [1.54, 1.807) is 6.07 Å². The molecule has 5 nitrogen and oxygen atoms in total. The molecule has 0 amide bonds. The summed E-state index contributed by atoms with van der Waals surface area (Å²) < 4.78 is 5.47. The molecule has 0 N–H and O–H groups in total. The van der Waals surface area contributed by atoms with Crippen molar-refractivity contribution in [2.75, 3.05) is 13.2 Å². The Labute approximate surface area is 190 Å². The topological polar surface area (TPSA) is 59.5 Å². The lowest BCUT2D eigenvalue weighted by atomic mass is 9.95. The molecule has 1 aromatic heterocycles. The average molecular weight is 457 g/mol. The number of Topliss-reactive ketones (excluding diaryl/α,β-unsaturated/α-hetero) is 1. The minimum atomic E-state index is -0.529. The van der Waals surface area contributed by atoms with E-state index in [1.165, 1.54) is 12.1 Å². The lowest BCUT2D eigenvalue weighted by Crippen LogP contribution is -2.37. The molecular weight excluding hydrogens is 435 g/mol. The van der Waals surface area contributed by atoms with Gasteiger partial charge in [-0.2, -0.15) is 0 Å². The van der Waals surface area contributed by atoms with Gasteiger partial charge in [0.2, 0.25) is 5.78 Å². The third kappa shape index (κ3) is 4.45. The minimum Gasteiger partial charge on any atom is -0.454 e. The fourth-order valence-electron chi connectivity index (χ4n) is 3.88. The highest BCUT2D eigenvalue weighted by Crippen LogP contribution is 2.30. The maximum Gasteiger partial charge on any atom is 0.339 e. The summed E-state index contributed by atoms with van der Waals surface area (Å²) in [7, 11) is 0. The number of halogens is 2. The number of para-hydroxylation sites is 1. The van der Waals surface area contributed by atoms with Crippen molar-refractivity contribution < 1.29 is 14.3 Å². The number of fused-ring (bicyclic) bond motifs is 2. The Morgan fingerprint density at radius 2 is 1.94 bits per heavy atom. The Hall–Kier alpha value is -2.47. The van der Waals surface area contributed by atoms with E-state index in [2.05, 4.69) is 18.7 Å². The molecule has 0 aliphatic carbocycles. The van der Waals surface area contributed by atoms with Gasteiger partial charge in [0.05, 0.1) is 16.1 Å². The van der Waals surface area contributed by atoms with E-state index in [0.29, 0.717) is 23.2 Å². The zero-order valence-electron chi connectivity index (χ0n) is 17.3. The van der Waals surface area contributed by atoms with Crippen LogP contribution in [0.4, 0.5) is 0 Å². The van der Waals surface area contributed by atoms with Crippen LogP contribution in [0.1, 0.15) is 45.8 Å². The van der Waals surface area contributed by atoms with E-state index in [4.69, 9.17) is 32.9 Å². The van der Waals surface area contributed by atoms with E-state index in [1.807, 2.05) is 24.3 Å². The molecule has 1 aliphatic rings. The van der Waals surface area contributed by atoms with Gasteiger partial charge in [0.1, 0.15) is 0 Å².